The number of carbonyl (C=O) groups is 2. The average Bonchev–Trinajstić information content (AvgIpc) is 2.41. The Balaban J connectivity index is 2.35. The Kier molecular flexibility index (Phi) is 5.49. The predicted octanol–water partition coefficient (Wildman–Crippen LogP) is 2.76. The molecule has 0 bridgehead atoms. The molecule has 1 aliphatic rings. The van der Waals surface area contributed by atoms with Crippen LogP contribution in [-0.2, 0) is 14.6 Å². The second-order valence-corrected chi connectivity index (χ2v) is 11.5. The SMILES string of the molecule is CC(C)(C)N(C(=O)c1cccc(S(=O)(=O)C2CC(C(N)=O)C2)c1)C(C)(C)C. The quantitative estimate of drug-likeness (QED) is 0.849. The Morgan fingerprint density at radius 1 is 1.04 bits per heavy atom. The Bertz CT molecular complexity index is 827. The fraction of sp³-hybridized carbons (Fsp3) is 0.600. The van der Waals surface area contributed by atoms with Gasteiger partial charge in [-0.2, -0.15) is 0 Å². The molecular weight excluding hydrogens is 364 g/mol. The minimum absolute atomic E-state index is 0.115. The summed E-state index contributed by atoms with van der Waals surface area (Å²) in [6.45, 7) is 11.7. The molecule has 0 aliphatic heterocycles. The highest BCUT2D eigenvalue weighted by Crippen LogP contribution is 2.36. The second kappa shape index (κ2) is 6.93. The highest BCUT2D eigenvalue weighted by atomic mass is 32.2. The molecule has 2 rings (SSSR count). The third kappa shape index (κ3) is 4.34. The van der Waals surface area contributed by atoms with Gasteiger partial charge in [0, 0.05) is 22.6 Å². The summed E-state index contributed by atoms with van der Waals surface area (Å²) >= 11 is 0. The Hall–Kier alpha value is -1.89. The van der Waals surface area contributed by atoms with E-state index in [4.69, 9.17) is 5.73 Å². The van der Waals surface area contributed by atoms with Gasteiger partial charge in [-0.05, 0) is 72.6 Å². The van der Waals surface area contributed by atoms with Crippen LogP contribution in [0.1, 0.15) is 64.7 Å². The van der Waals surface area contributed by atoms with Crippen LogP contribution in [-0.4, -0.2) is 41.5 Å². The summed E-state index contributed by atoms with van der Waals surface area (Å²) in [7, 11) is -3.60. The number of hydrogen-bond donors (Lipinski definition) is 1. The number of amides is 2. The summed E-state index contributed by atoms with van der Waals surface area (Å²) in [5, 5.41) is -0.623. The van der Waals surface area contributed by atoms with E-state index in [9.17, 15) is 18.0 Å². The standard InChI is InChI=1S/C20H30N2O4S/c1-19(2,3)22(20(4,5)6)18(24)13-8-7-9-15(10-13)27(25,26)16-11-14(12-16)17(21)23/h7-10,14,16H,11-12H2,1-6H3,(H2,21,23). The third-order valence-electron chi connectivity index (χ3n) is 4.89. The fourth-order valence-electron chi connectivity index (χ4n) is 3.79. The number of rotatable bonds is 4. The number of benzene rings is 1. The van der Waals surface area contributed by atoms with E-state index < -0.39 is 32.1 Å². The Morgan fingerprint density at radius 2 is 1.56 bits per heavy atom. The highest BCUT2D eigenvalue weighted by Gasteiger charge is 2.42. The van der Waals surface area contributed by atoms with Crippen molar-refractivity contribution in [2.45, 2.75) is 75.6 Å². The van der Waals surface area contributed by atoms with Crippen molar-refractivity contribution in [2.24, 2.45) is 11.7 Å². The molecule has 0 heterocycles. The van der Waals surface area contributed by atoms with Crippen molar-refractivity contribution in [1.82, 2.24) is 4.90 Å². The largest absolute Gasteiger partial charge is 0.369 e. The lowest BCUT2D eigenvalue weighted by molar-refractivity contribution is -0.123. The Labute approximate surface area is 162 Å². The molecule has 1 aromatic rings. The lowest BCUT2D eigenvalue weighted by Gasteiger charge is -2.45. The van der Waals surface area contributed by atoms with Crippen molar-refractivity contribution >= 4 is 21.7 Å². The Morgan fingerprint density at radius 3 is 2.00 bits per heavy atom. The van der Waals surface area contributed by atoms with Gasteiger partial charge in [-0.15, -0.1) is 0 Å². The molecule has 1 saturated carbocycles. The van der Waals surface area contributed by atoms with Crippen LogP contribution in [0, 0.1) is 5.92 Å². The molecule has 1 aromatic carbocycles. The van der Waals surface area contributed by atoms with E-state index in [0.29, 0.717) is 5.56 Å². The summed E-state index contributed by atoms with van der Waals surface area (Å²) in [4.78, 5) is 26.2. The molecule has 0 radical (unpaired) electrons. The van der Waals surface area contributed by atoms with E-state index in [1.54, 1.807) is 17.0 Å². The molecule has 6 nitrogen and oxygen atoms in total. The monoisotopic (exact) mass is 394 g/mol. The zero-order valence-corrected chi connectivity index (χ0v) is 17.8. The zero-order valence-electron chi connectivity index (χ0n) is 16.9. The van der Waals surface area contributed by atoms with Crippen molar-refractivity contribution in [3.05, 3.63) is 29.8 Å². The molecule has 0 saturated heterocycles. The second-order valence-electron chi connectivity index (χ2n) is 9.25. The van der Waals surface area contributed by atoms with Crippen molar-refractivity contribution in [1.29, 1.82) is 0 Å². The van der Waals surface area contributed by atoms with Gasteiger partial charge in [-0.1, -0.05) is 6.07 Å². The van der Waals surface area contributed by atoms with E-state index in [0.717, 1.165) is 0 Å². The normalized spacial score (nSPS) is 20.7. The van der Waals surface area contributed by atoms with Gasteiger partial charge in [0.05, 0.1) is 10.1 Å². The first kappa shape index (κ1) is 21.4. The number of sulfone groups is 1. The van der Waals surface area contributed by atoms with Crippen LogP contribution in [0.4, 0.5) is 0 Å². The van der Waals surface area contributed by atoms with Crippen molar-refractivity contribution < 1.29 is 18.0 Å². The first-order valence-electron chi connectivity index (χ1n) is 9.13. The zero-order chi connectivity index (χ0) is 20.8. The molecule has 2 N–H and O–H groups in total. The van der Waals surface area contributed by atoms with E-state index in [1.807, 2.05) is 41.5 Å². The first-order valence-corrected chi connectivity index (χ1v) is 10.7. The molecular formula is C20H30N2O4S. The predicted molar refractivity (Wildman–Crippen MR) is 105 cm³/mol. The van der Waals surface area contributed by atoms with Gasteiger partial charge in [0.15, 0.2) is 9.84 Å². The maximum atomic E-state index is 13.2. The minimum Gasteiger partial charge on any atom is -0.369 e. The van der Waals surface area contributed by atoms with Gasteiger partial charge < -0.3 is 10.6 Å². The van der Waals surface area contributed by atoms with E-state index in [2.05, 4.69) is 0 Å². The number of carbonyl (C=O) groups excluding carboxylic acids is 2. The summed E-state index contributed by atoms with van der Waals surface area (Å²) in [6, 6.07) is 6.18. The molecule has 7 heteroatoms. The van der Waals surface area contributed by atoms with E-state index in [-0.39, 0.29) is 29.6 Å². The van der Waals surface area contributed by atoms with Gasteiger partial charge in [-0.3, -0.25) is 9.59 Å². The van der Waals surface area contributed by atoms with Crippen molar-refractivity contribution in [2.75, 3.05) is 0 Å². The van der Waals surface area contributed by atoms with E-state index in [1.165, 1.54) is 12.1 Å². The summed E-state index contributed by atoms with van der Waals surface area (Å²) in [5.74, 6) is -1.06. The third-order valence-corrected chi connectivity index (χ3v) is 7.06. The molecule has 0 unspecified atom stereocenters. The number of nitrogens with zero attached hydrogens (tertiary/aromatic N) is 1. The molecule has 2 amide bonds. The minimum atomic E-state index is -3.60. The molecule has 0 spiro atoms. The average molecular weight is 395 g/mol. The lowest BCUT2D eigenvalue weighted by atomic mass is 9.84. The molecule has 0 atom stereocenters. The first-order chi connectivity index (χ1) is 12.2. The maximum Gasteiger partial charge on any atom is 0.254 e. The van der Waals surface area contributed by atoms with Crippen LogP contribution >= 0.6 is 0 Å². The van der Waals surface area contributed by atoms with Crippen LogP contribution < -0.4 is 5.73 Å². The van der Waals surface area contributed by atoms with Crippen LogP contribution in [0.2, 0.25) is 0 Å². The molecule has 0 aromatic heterocycles. The van der Waals surface area contributed by atoms with Gasteiger partial charge in [0.1, 0.15) is 0 Å². The van der Waals surface area contributed by atoms with Gasteiger partial charge >= 0.3 is 0 Å². The molecule has 27 heavy (non-hydrogen) atoms. The maximum absolute atomic E-state index is 13.2. The summed E-state index contributed by atoms with van der Waals surface area (Å²) < 4.78 is 25.7. The highest BCUT2D eigenvalue weighted by molar-refractivity contribution is 7.92. The van der Waals surface area contributed by atoms with E-state index >= 15 is 0 Å². The van der Waals surface area contributed by atoms with Crippen LogP contribution in [0.3, 0.4) is 0 Å². The van der Waals surface area contributed by atoms with Crippen LogP contribution in [0.25, 0.3) is 0 Å². The smallest absolute Gasteiger partial charge is 0.254 e. The lowest BCUT2D eigenvalue weighted by Crippen LogP contribution is -2.55. The van der Waals surface area contributed by atoms with Crippen LogP contribution in [0.5, 0.6) is 0 Å². The van der Waals surface area contributed by atoms with Crippen LogP contribution in [0.15, 0.2) is 29.2 Å². The molecule has 1 fully saturated rings. The topological polar surface area (TPSA) is 97.5 Å². The van der Waals surface area contributed by atoms with Gasteiger partial charge in [0.25, 0.3) is 5.91 Å². The summed E-state index contributed by atoms with van der Waals surface area (Å²) in [6.07, 6.45) is 0.484. The van der Waals surface area contributed by atoms with Gasteiger partial charge in [0.2, 0.25) is 5.91 Å². The number of nitrogens with two attached hydrogens (primary N) is 1. The molecule has 1 aliphatic carbocycles. The number of primary amides is 1. The summed E-state index contributed by atoms with van der Waals surface area (Å²) in [5.41, 5.74) is 4.73. The fourth-order valence-corrected chi connectivity index (χ4v) is 5.71. The van der Waals surface area contributed by atoms with Crippen molar-refractivity contribution in [3.63, 3.8) is 0 Å². The van der Waals surface area contributed by atoms with Crippen molar-refractivity contribution in [3.8, 4) is 0 Å². The molecule has 150 valence electrons. The number of hydrogen-bond acceptors (Lipinski definition) is 4. The van der Waals surface area contributed by atoms with Gasteiger partial charge in [-0.25, -0.2) is 8.42 Å².